The number of amides is 1. The Kier molecular flexibility index (Phi) is 4.22. The maximum atomic E-state index is 11.8. The van der Waals surface area contributed by atoms with E-state index in [9.17, 15) is 9.90 Å². The third-order valence-corrected chi connectivity index (χ3v) is 3.31. The molecule has 1 heterocycles. The van der Waals surface area contributed by atoms with Gasteiger partial charge in [0.15, 0.2) is 0 Å². The van der Waals surface area contributed by atoms with Crippen LogP contribution in [0.3, 0.4) is 0 Å². The minimum Gasteiger partial charge on any atom is -0.388 e. The second-order valence-electron chi connectivity index (χ2n) is 5.73. The van der Waals surface area contributed by atoms with Crippen molar-refractivity contribution in [2.24, 2.45) is 0 Å². The minimum atomic E-state index is -0.524. The van der Waals surface area contributed by atoms with E-state index in [4.69, 9.17) is 0 Å². The number of anilines is 1. The van der Waals surface area contributed by atoms with Crippen molar-refractivity contribution in [3.63, 3.8) is 0 Å². The summed E-state index contributed by atoms with van der Waals surface area (Å²) in [5.74, 6) is 0.0536. The lowest BCUT2D eigenvalue weighted by molar-refractivity contribution is -0.116. The van der Waals surface area contributed by atoms with E-state index in [0.717, 1.165) is 24.2 Å². The van der Waals surface area contributed by atoms with Gasteiger partial charge in [-0.2, -0.15) is 0 Å². The monoisotopic (exact) mass is 262 g/mol. The van der Waals surface area contributed by atoms with E-state index < -0.39 is 5.60 Å². The van der Waals surface area contributed by atoms with E-state index in [1.807, 2.05) is 38.1 Å². The third kappa shape index (κ3) is 4.33. The number of likely N-dealkylation sites (tertiary alicyclic amines) is 1. The van der Waals surface area contributed by atoms with Gasteiger partial charge < -0.3 is 10.4 Å². The maximum absolute atomic E-state index is 11.8. The molecule has 0 spiro atoms. The SMILES string of the molecule is Cc1cccc(NC(=O)CCCN2CC(C)(O)C2)c1. The average molecular weight is 262 g/mol. The molecular formula is C15H22N2O2. The van der Waals surface area contributed by atoms with Crippen LogP contribution in [0.15, 0.2) is 24.3 Å². The summed E-state index contributed by atoms with van der Waals surface area (Å²) in [5.41, 5.74) is 1.47. The van der Waals surface area contributed by atoms with Crippen LogP contribution in [0.1, 0.15) is 25.3 Å². The number of carbonyl (C=O) groups is 1. The van der Waals surface area contributed by atoms with Crippen LogP contribution in [0.25, 0.3) is 0 Å². The molecular weight excluding hydrogens is 240 g/mol. The quantitative estimate of drug-likeness (QED) is 0.850. The van der Waals surface area contributed by atoms with Gasteiger partial charge in [-0.1, -0.05) is 12.1 Å². The number of nitrogens with zero attached hydrogens (tertiary/aromatic N) is 1. The summed E-state index contributed by atoms with van der Waals surface area (Å²) >= 11 is 0. The Morgan fingerprint density at radius 3 is 2.84 bits per heavy atom. The van der Waals surface area contributed by atoms with Crippen molar-refractivity contribution in [1.82, 2.24) is 4.90 Å². The van der Waals surface area contributed by atoms with E-state index in [-0.39, 0.29) is 5.91 Å². The lowest BCUT2D eigenvalue weighted by Crippen LogP contribution is -2.59. The lowest BCUT2D eigenvalue weighted by Gasteiger charge is -2.44. The third-order valence-electron chi connectivity index (χ3n) is 3.31. The Balaban J connectivity index is 1.65. The van der Waals surface area contributed by atoms with E-state index in [0.29, 0.717) is 19.5 Å². The average Bonchev–Trinajstić information content (AvgIpc) is 2.26. The van der Waals surface area contributed by atoms with Crippen LogP contribution in [-0.2, 0) is 4.79 Å². The molecule has 4 heteroatoms. The van der Waals surface area contributed by atoms with Crippen molar-refractivity contribution in [2.45, 2.75) is 32.3 Å². The first-order chi connectivity index (χ1) is 8.94. The highest BCUT2D eigenvalue weighted by atomic mass is 16.3. The highest BCUT2D eigenvalue weighted by molar-refractivity contribution is 5.90. The van der Waals surface area contributed by atoms with Crippen LogP contribution >= 0.6 is 0 Å². The molecule has 104 valence electrons. The second-order valence-corrected chi connectivity index (χ2v) is 5.73. The fraction of sp³-hybridized carbons (Fsp3) is 0.533. The molecule has 2 N–H and O–H groups in total. The number of hydrogen-bond acceptors (Lipinski definition) is 3. The van der Waals surface area contributed by atoms with Crippen LogP contribution in [0.4, 0.5) is 5.69 Å². The maximum Gasteiger partial charge on any atom is 0.224 e. The van der Waals surface area contributed by atoms with Crippen LogP contribution in [-0.4, -0.2) is 41.1 Å². The van der Waals surface area contributed by atoms with E-state index in [1.165, 1.54) is 0 Å². The summed E-state index contributed by atoms with van der Waals surface area (Å²) in [6.45, 7) is 6.15. The molecule has 0 radical (unpaired) electrons. The molecule has 0 unspecified atom stereocenters. The zero-order chi connectivity index (χ0) is 13.9. The number of carbonyl (C=O) groups excluding carboxylic acids is 1. The summed E-state index contributed by atoms with van der Waals surface area (Å²) in [5, 5.41) is 12.5. The van der Waals surface area contributed by atoms with Crippen LogP contribution in [0, 0.1) is 6.92 Å². The molecule has 1 aromatic rings. The van der Waals surface area contributed by atoms with Gasteiger partial charge in [0, 0.05) is 25.2 Å². The molecule has 0 aromatic heterocycles. The first-order valence-corrected chi connectivity index (χ1v) is 6.76. The summed E-state index contributed by atoms with van der Waals surface area (Å²) < 4.78 is 0. The van der Waals surface area contributed by atoms with Crippen LogP contribution in [0.2, 0.25) is 0 Å². The van der Waals surface area contributed by atoms with Gasteiger partial charge in [-0.05, 0) is 44.5 Å². The number of benzene rings is 1. The van der Waals surface area contributed by atoms with Crippen molar-refractivity contribution in [3.05, 3.63) is 29.8 Å². The highest BCUT2D eigenvalue weighted by Crippen LogP contribution is 2.19. The second kappa shape index (κ2) is 5.72. The molecule has 1 amide bonds. The van der Waals surface area contributed by atoms with Crippen molar-refractivity contribution < 1.29 is 9.90 Å². The first kappa shape index (κ1) is 14.0. The van der Waals surface area contributed by atoms with Crippen molar-refractivity contribution in [2.75, 3.05) is 25.0 Å². The van der Waals surface area contributed by atoms with Crippen molar-refractivity contribution >= 4 is 11.6 Å². The molecule has 1 aromatic carbocycles. The van der Waals surface area contributed by atoms with Gasteiger partial charge in [0.2, 0.25) is 5.91 Å². The summed E-state index contributed by atoms with van der Waals surface area (Å²) in [6, 6.07) is 7.81. The molecule has 1 fully saturated rings. The Labute approximate surface area is 114 Å². The van der Waals surface area contributed by atoms with E-state index in [2.05, 4.69) is 10.2 Å². The molecule has 1 aliphatic heterocycles. The number of β-amino-alcohol motifs (C(OH)–C–C–N with tert-alkyl or cyclic N) is 1. The Hall–Kier alpha value is -1.39. The molecule has 0 saturated carbocycles. The van der Waals surface area contributed by atoms with Gasteiger partial charge in [-0.3, -0.25) is 9.69 Å². The first-order valence-electron chi connectivity index (χ1n) is 6.76. The standard InChI is InChI=1S/C15H22N2O2/c1-12-5-3-6-13(9-12)16-14(18)7-4-8-17-10-15(2,19)11-17/h3,5-6,9,19H,4,7-8,10-11H2,1-2H3,(H,16,18). The van der Waals surface area contributed by atoms with Gasteiger partial charge in [0.25, 0.3) is 0 Å². The molecule has 0 bridgehead atoms. The Bertz CT molecular complexity index is 449. The summed E-state index contributed by atoms with van der Waals surface area (Å²) in [6.07, 6.45) is 1.35. The highest BCUT2D eigenvalue weighted by Gasteiger charge is 2.35. The molecule has 1 aliphatic rings. The fourth-order valence-electron chi connectivity index (χ4n) is 2.48. The van der Waals surface area contributed by atoms with E-state index in [1.54, 1.807) is 0 Å². The van der Waals surface area contributed by atoms with E-state index >= 15 is 0 Å². The van der Waals surface area contributed by atoms with Gasteiger partial charge in [0.05, 0.1) is 5.60 Å². The predicted molar refractivity (Wildman–Crippen MR) is 76.1 cm³/mol. The number of nitrogens with one attached hydrogen (secondary N) is 1. The lowest BCUT2D eigenvalue weighted by atomic mass is 9.97. The summed E-state index contributed by atoms with van der Waals surface area (Å²) in [7, 11) is 0. The van der Waals surface area contributed by atoms with Gasteiger partial charge in [0.1, 0.15) is 0 Å². The van der Waals surface area contributed by atoms with Crippen LogP contribution < -0.4 is 5.32 Å². The topological polar surface area (TPSA) is 52.6 Å². The number of aliphatic hydroxyl groups is 1. The number of aryl methyl sites for hydroxylation is 1. The molecule has 2 rings (SSSR count). The van der Waals surface area contributed by atoms with Crippen molar-refractivity contribution in [1.29, 1.82) is 0 Å². The van der Waals surface area contributed by atoms with Gasteiger partial charge in [-0.25, -0.2) is 0 Å². The largest absolute Gasteiger partial charge is 0.388 e. The fourth-order valence-corrected chi connectivity index (χ4v) is 2.48. The van der Waals surface area contributed by atoms with Gasteiger partial charge in [-0.15, -0.1) is 0 Å². The van der Waals surface area contributed by atoms with Crippen LogP contribution in [0.5, 0.6) is 0 Å². The zero-order valence-corrected chi connectivity index (χ0v) is 11.6. The molecule has 19 heavy (non-hydrogen) atoms. The van der Waals surface area contributed by atoms with Gasteiger partial charge >= 0.3 is 0 Å². The molecule has 4 nitrogen and oxygen atoms in total. The Morgan fingerprint density at radius 2 is 2.21 bits per heavy atom. The normalized spacial score (nSPS) is 17.8. The zero-order valence-electron chi connectivity index (χ0n) is 11.6. The molecule has 1 saturated heterocycles. The smallest absolute Gasteiger partial charge is 0.224 e. The predicted octanol–water partition coefficient (Wildman–Crippen LogP) is 1.78. The summed E-state index contributed by atoms with van der Waals surface area (Å²) in [4.78, 5) is 13.9. The number of rotatable bonds is 5. The molecule has 0 aliphatic carbocycles. The van der Waals surface area contributed by atoms with Crippen molar-refractivity contribution in [3.8, 4) is 0 Å². The molecule has 0 atom stereocenters. The Morgan fingerprint density at radius 1 is 1.47 bits per heavy atom. The number of hydrogen-bond donors (Lipinski definition) is 2. The minimum absolute atomic E-state index is 0.0536.